The molecule has 0 aromatic heterocycles. The average molecular weight is 214 g/mol. The van der Waals surface area contributed by atoms with Crippen LogP contribution >= 0.6 is 11.6 Å². The van der Waals surface area contributed by atoms with Gasteiger partial charge >= 0.3 is 0 Å². The van der Waals surface area contributed by atoms with Crippen LogP contribution in [0.3, 0.4) is 0 Å². The van der Waals surface area contributed by atoms with Crippen LogP contribution in [0.4, 0.5) is 0 Å². The maximum atomic E-state index is 6.08. The number of aryl methyl sites for hydroxylation is 2. The monoisotopic (exact) mass is 213 g/mol. The van der Waals surface area contributed by atoms with E-state index < -0.39 is 0 Å². The van der Waals surface area contributed by atoms with Gasteiger partial charge in [-0.05, 0) is 49.7 Å². The number of halogens is 1. The molecule has 0 heterocycles. The highest BCUT2D eigenvalue weighted by Gasteiger charge is 2.09. The fraction of sp³-hybridized carbons (Fsp3) is 0.455. The molecule has 0 spiro atoms. The lowest BCUT2D eigenvalue weighted by Crippen LogP contribution is -2.10. The van der Waals surface area contributed by atoms with Crippen molar-refractivity contribution < 1.29 is 4.74 Å². The maximum Gasteiger partial charge on any atom is 0.124 e. The summed E-state index contributed by atoms with van der Waals surface area (Å²) >= 11 is 6.08. The van der Waals surface area contributed by atoms with Crippen molar-refractivity contribution in [2.45, 2.75) is 19.3 Å². The van der Waals surface area contributed by atoms with Crippen molar-refractivity contribution in [2.75, 3.05) is 14.2 Å². The van der Waals surface area contributed by atoms with Gasteiger partial charge in [0, 0.05) is 0 Å². The number of hydrogen-bond donors (Lipinski definition) is 1. The Balaban J connectivity index is 3.13. The zero-order valence-electron chi connectivity index (χ0n) is 9.02. The largest absolute Gasteiger partial charge is 0.496 e. The van der Waals surface area contributed by atoms with Gasteiger partial charge in [-0.15, -0.1) is 11.6 Å². The summed E-state index contributed by atoms with van der Waals surface area (Å²) in [5.74, 6) is 0.939. The molecule has 0 amide bonds. The quantitative estimate of drug-likeness (QED) is 0.616. The number of alkyl halides is 1. The van der Waals surface area contributed by atoms with E-state index in [0.717, 1.165) is 22.4 Å². The van der Waals surface area contributed by atoms with E-state index in [1.54, 1.807) is 7.11 Å². The van der Waals surface area contributed by atoms with Crippen molar-refractivity contribution in [3.8, 4) is 5.75 Å². The van der Waals surface area contributed by atoms with Crippen LogP contribution in [-0.2, 0) is 0 Å². The fourth-order valence-electron chi connectivity index (χ4n) is 1.62. The molecule has 1 rings (SSSR count). The second-order valence-electron chi connectivity index (χ2n) is 3.34. The second kappa shape index (κ2) is 4.67. The number of ether oxygens (including phenoxy) is 1. The molecule has 0 aliphatic carbocycles. The molecule has 1 aromatic rings. The van der Waals surface area contributed by atoms with Crippen LogP contribution in [0.1, 0.15) is 22.2 Å². The van der Waals surface area contributed by atoms with Gasteiger partial charge in [-0.2, -0.15) is 0 Å². The van der Waals surface area contributed by atoms with Crippen LogP contribution in [0.5, 0.6) is 5.75 Å². The fourth-order valence-corrected chi connectivity index (χ4v) is 1.74. The van der Waals surface area contributed by atoms with Crippen LogP contribution in [-0.4, -0.2) is 14.2 Å². The van der Waals surface area contributed by atoms with Crippen molar-refractivity contribution in [1.29, 1.82) is 0 Å². The van der Waals surface area contributed by atoms with Gasteiger partial charge in [0.1, 0.15) is 11.3 Å². The van der Waals surface area contributed by atoms with Gasteiger partial charge in [-0.1, -0.05) is 0 Å². The Morgan fingerprint density at radius 1 is 1.29 bits per heavy atom. The minimum atomic E-state index is -0.140. The topological polar surface area (TPSA) is 21.3 Å². The first kappa shape index (κ1) is 11.3. The number of nitrogens with one attached hydrogen (secondary N) is 1. The molecular formula is C11H16ClNO. The molecule has 2 nitrogen and oxygen atoms in total. The molecule has 0 aliphatic heterocycles. The Labute approximate surface area is 90.2 Å². The molecule has 0 saturated heterocycles. The van der Waals surface area contributed by atoms with E-state index in [4.69, 9.17) is 16.3 Å². The van der Waals surface area contributed by atoms with Crippen molar-refractivity contribution in [3.63, 3.8) is 0 Å². The Kier molecular flexibility index (Phi) is 3.78. The van der Waals surface area contributed by atoms with E-state index in [2.05, 4.69) is 5.32 Å². The summed E-state index contributed by atoms with van der Waals surface area (Å²) in [5.41, 5.74) is 3.16. The van der Waals surface area contributed by atoms with Crippen LogP contribution < -0.4 is 10.1 Å². The highest BCUT2D eigenvalue weighted by Crippen LogP contribution is 2.28. The Morgan fingerprint density at radius 3 is 2.14 bits per heavy atom. The predicted molar refractivity (Wildman–Crippen MR) is 60.1 cm³/mol. The average Bonchev–Trinajstić information content (AvgIpc) is 2.16. The first-order chi connectivity index (χ1) is 6.60. The molecule has 0 radical (unpaired) electrons. The highest BCUT2D eigenvalue weighted by atomic mass is 35.5. The van der Waals surface area contributed by atoms with Crippen molar-refractivity contribution >= 4 is 11.6 Å². The smallest absolute Gasteiger partial charge is 0.124 e. The summed E-state index contributed by atoms with van der Waals surface area (Å²) in [6.45, 7) is 4.04. The summed E-state index contributed by atoms with van der Waals surface area (Å²) in [7, 11) is 3.53. The van der Waals surface area contributed by atoms with Crippen molar-refractivity contribution in [3.05, 3.63) is 28.8 Å². The van der Waals surface area contributed by atoms with Crippen LogP contribution in [0.2, 0.25) is 0 Å². The summed E-state index contributed by atoms with van der Waals surface area (Å²) < 4.78 is 5.28. The lowest BCUT2D eigenvalue weighted by atomic mass is 10.1. The first-order valence-corrected chi connectivity index (χ1v) is 5.00. The third-order valence-electron chi connectivity index (χ3n) is 2.23. The maximum absolute atomic E-state index is 6.08. The lowest BCUT2D eigenvalue weighted by molar-refractivity contribution is 0.408. The summed E-state index contributed by atoms with van der Waals surface area (Å²) in [5, 5.41) is 3.00. The first-order valence-electron chi connectivity index (χ1n) is 4.56. The van der Waals surface area contributed by atoms with Gasteiger partial charge in [0.05, 0.1) is 7.11 Å². The van der Waals surface area contributed by atoms with Crippen LogP contribution in [0, 0.1) is 13.8 Å². The standard InChI is InChI=1S/C11H16ClNO/c1-7-5-9(11(12)13-3)6-8(2)10(7)14-4/h5-6,11,13H,1-4H3. The number of hydrogen-bond acceptors (Lipinski definition) is 2. The summed E-state index contributed by atoms with van der Waals surface area (Å²) in [6.07, 6.45) is 0. The minimum absolute atomic E-state index is 0.140. The van der Waals surface area contributed by atoms with Crippen molar-refractivity contribution in [1.82, 2.24) is 5.32 Å². The van der Waals surface area contributed by atoms with E-state index in [0.29, 0.717) is 0 Å². The summed E-state index contributed by atoms with van der Waals surface area (Å²) in [4.78, 5) is 0. The molecule has 0 saturated carbocycles. The minimum Gasteiger partial charge on any atom is -0.496 e. The molecule has 1 N–H and O–H groups in total. The Bertz CT molecular complexity index is 302. The number of rotatable bonds is 3. The van der Waals surface area contributed by atoms with Gasteiger partial charge in [0.2, 0.25) is 0 Å². The zero-order valence-corrected chi connectivity index (χ0v) is 9.77. The van der Waals surface area contributed by atoms with E-state index in [1.807, 2.05) is 33.0 Å². The van der Waals surface area contributed by atoms with E-state index in [-0.39, 0.29) is 5.50 Å². The Hall–Kier alpha value is -0.730. The Morgan fingerprint density at radius 2 is 1.79 bits per heavy atom. The molecule has 14 heavy (non-hydrogen) atoms. The SMILES string of the molecule is CNC(Cl)c1cc(C)c(OC)c(C)c1. The second-order valence-corrected chi connectivity index (χ2v) is 3.78. The third-order valence-corrected chi connectivity index (χ3v) is 2.70. The van der Waals surface area contributed by atoms with E-state index >= 15 is 0 Å². The molecule has 0 aliphatic rings. The van der Waals surface area contributed by atoms with Gasteiger partial charge in [-0.3, -0.25) is 0 Å². The molecular weight excluding hydrogens is 198 g/mol. The molecule has 0 fully saturated rings. The van der Waals surface area contributed by atoms with Gasteiger partial charge in [0.15, 0.2) is 0 Å². The molecule has 3 heteroatoms. The molecule has 1 unspecified atom stereocenters. The van der Waals surface area contributed by atoms with Gasteiger partial charge in [0.25, 0.3) is 0 Å². The lowest BCUT2D eigenvalue weighted by Gasteiger charge is -2.14. The predicted octanol–water partition coefficient (Wildman–Crippen LogP) is 2.77. The third kappa shape index (κ3) is 2.20. The summed E-state index contributed by atoms with van der Waals surface area (Å²) in [6, 6.07) is 4.08. The number of methoxy groups -OCH3 is 1. The molecule has 0 bridgehead atoms. The van der Waals surface area contributed by atoms with E-state index in [9.17, 15) is 0 Å². The zero-order chi connectivity index (χ0) is 10.7. The van der Waals surface area contributed by atoms with Gasteiger partial charge in [-0.25, -0.2) is 0 Å². The highest BCUT2D eigenvalue weighted by molar-refractivity contribution is 6.20. The van der Waals surface area contributed by atoms with Crippen LogP contribution in [0.15, 0.2) is 12.1 Å². The molecule has 78 valence electrons. The normalized spacial score (nSPS) is 12.6. The van der Waals surface area contributed by atoms with Crippen LogP contribution in [0.25, 0.3) is 0 Å². The van der Waals surface area contributed by atoms with Gasteiger partial charge < -0.3 is 10.1 Å². The van der Waals surface area contributed by atoms with Crippen molar-refractivity contribution in [2.24, 2.45) is 0 Å². The molecule has 1 atom stereocenters. The van der Waals surface area contributed by atoms with E-state index in [1.165, 1.54) is 0 Å². The number of benzene rings is 1. The molecule has 1 aromatic carbocycles.